The van der Waals surface area contributed by atoms with Crippen molar-refractivity contribution in [2.24, 2.45) is 5.73 Å². The van der Waals surface area contributed by atoms with Crippen LogP contribution in [-0.4, -0.2) is 86.6 Å². The van der Waals surface area contributed by atoms with Crippen LogP contribution in [0.4, 0.5) is 0 Å². The van der Waals surface area contributed by atoms with Gasteiger partial charge in [0.15, 0.2) is 0 Å². The maximum Gasteiger partial charge on any atom is 0.373 e. The van der Waals surface area contributed by atoms with Gasteiger partial charge in [-0.2, -0.15) is 0 Å². The molecule has 32 heavy (non-hydrogen) atoms. The number of hydrogen-bond donors (Lipinski definition) is 7. The summed E-state index contributed by atoms with van der Waals surface area (Å²) < 4.78 is 4.56. The third-order valence-electron chi connectivity index (χ3n) is 3.58. The van der Waals surface area contributed by atoms with Crippen molar-refractivity contribution in [3.05, 3.63) is 11.2 Å². The Morgan fingerprint density at radius 1 is 1.00 bits per heavy atom. The minimum atomic E-state index is -1.58. The number of aliphatic hydroxyl groups excluding tert-OH is 1. The van der Waals surface area contributed by atoms with Crippen LogP contribution in [-0.2, 0) is 33.5 Å². The van der Waals surface area contributed by atoms with Crippen molar-refractivity contribution in [2.75, 3.05) is 12.4 Å². The highest BCUT2D eigenvalue weighted by Gasteiger charge is 2.28. The largest absolute Gasteiger partial charge is 0.501 e. The monoisotopic (exact) mass is 479 g/mol. The zero-order chi connectivity index (χ0) is 24.8. The summed E-state index contributed by atoms with van der Waals surface area (Å²) in [5.41, 5.74) is 5.27. The van der Waals surface area contributed by atoms with E-state index in [-0.39, 0.29) is 12.4 Å². The minimum Gasteiger partial charge on any atom is -0.501 e. The first-order chi connectivity index (χ1) is 14.9. The molecule has 0 aromatic carbocycles. The van der Waals surface area contributed by atoms with Crippen molar-refractivity contribution in [3.63, 3.8) is 0 Å². The number of nitrogens with two attached hydrogens (primary N) is 1. The number of rotatable bonds is 15. The third-order valence-corrected chi connectivity index (χ3v) is 4.49. The molecule has 0 heterocycles. The van der Waals surface area contributed by atoms with Crippen molar-refractivity contribution in [2.45, 2.75) is 44.3 Å². The molecule has 0 aromatic rings. The molecule has 180 valence electrons. The Hall–Kier alpha value is -3.33. The zero-order valence-electron chi connectivity index (χ0n) is 17.0. The van der Waals surface area contributed by atoms with E-state index in [1.54, 1.807) is 0 Å². The van der Waals surface area contributed by atoms with Gasteiger partial charge in [-0.05, 0) is 13.3 Å². The number of aliphatic carboxylic acids is 3. The molecule has 3 atom stereocenters. The Balaban J connectivity index is 5.34. The number of nitrogens with one attached hydrogen (secondary N) is 2. The van der Waals surface area contributed by atoms with Crippen molar-refractivity contribution in [1.29, 1.82) is 0 Å². The summed E-state index contributed by atoms with van der Waals surface area (Å²) in [6.07, 6.45) is -1.67. The molecule has 3 unspecified atom stereocenters. The molecule has 0 aliphatic heterocycles. The Morgan fingerprint density at radius 3 is 2.12 bits per heavy atom. The molecule has 0 radical (unpaired) electrons. The lowest BCUT2D eigenvalue weighted by atomic mass is 10.1. The summed E-state index contributed by atoms with van der Waals surface area (Å²) >= 11 is 0.695. The van der Waals surface area contributed by atoms with Crippen molar-refractivity contribution >= 4 is 47.5 Å². The van der Waals surface area contributed by atoms with Gasteiger partial charge >= 0.3 is 23.9 Å². The number of carboxylic acids is 3. The van der Waals surface area contributed by atoms with Crippen LogP contribution in [0.1, 0.15) is 26.2 Å². The van der Waals surface area contributed by atoms with Gasteiger partial charge in [0.1, 0.15) is 18.1 Å². The molecule has 0 aromatic heterocycles. The Kier molecular flexibility index (Phi) is 13.1. The molecule has 0 spiro atoms. The predicted molar refractivity (Wildman–Crippen MR) is 108 cm³/mol. The highest BCUT2D eigenvalue weighted by atomic mass is 32.2. The molecule has 0 saturated heterocycles. The maximum absolute atomic E-state index is 12.5. The number of carbonyl (C=O) groups is 6. The number of amides is 2. The molecule has 0 fully saturated rings. The van der Waals surface area contributed by atoms with Crippen molar-refractivity contribution in [3.8, 4) is 0 Å². The van der Waals surface area contributed by atoms with E-state index in [2.05, 4.69) is 15.4 Å². The van der Waals surface area contributed by atoms with Crippen LogP contribution < -0.4 is 16.4 Å². The Morgan fingerprint density at radius 2 is 1.62 bits per heavy atom. The second kappa shape index (κ2) is 14.6. The van der Waals surface area contributed by atoms with E-state index in [0.717, 1.165) is 5.41 Å². The fourth-order valence-electron chi connectivity index (χ4n) is 2.00. The normalized spacial score (nSPS) is 13.9. The molecule has 0 aliphatic carbocycles. The fourth-order valence-corrected chi connectivity index (χ4v) is 2.77. The molecule has 0 bridgehead atoms. The van der Waals surface area contributed by atoms with E-state index in [9.17, 15) is 33.9 Å². The first-order valence-electron chi connectivity index (χ1n) is 9.09. The van der Waals surface area contributed by atoms with Crippen LogP contribution in [0.5, 0.6) is 0 Å². The zero-order valence-corrected chi connectivity index (χ0v) is 17.8. The summed E-state index contributed by atoms with van der Waals surface area (Å²) in [7, 11) is 0. The average Bonchev–Trinajstić information content (AvgIpc) is 2.69. The number of esters is 1. The van der Waals surface area contributed by atoms with Crippen molar-refractivity contribution in [1.82, 2.24) is 10.6 Å². The van der Waals surface area contributed by atoms with Gasteiger partial charge in [-0.1, -0.05) is 0 Å². The molecule has 0 saturated carbocycles. The molecular weight excluding hydrogens is 454 g/mol. The number of hydrogen-bond acceptors (Lipinski definition) is 10. The molecule has 2 amide bonds. The molecule has 0 aliphatic rings. The van der Waals surface area contributed by atoms with Gasteiger partial charge in [-0.3, -0.25) is 19.2 Å². The Bertz CT molecular complexity index is 756. The number of ether oxygens (including phenoxy) is 1. The molecule has 0 rings (SSSR count). The average molecular weight is 479 g/mol. The van der Waals surface area contributed by atoms with Crippen LogP contribution in [0.2, 0.25) is 0 Å². The van der Waals surface area contributed by atoms with Crippen LogP contribution in [0, 0.1) is 0 Å². The summed E-state index contributed by atoms with van der Waals surface area (Å²) in [4.78, 5) is 68.6. The SMILES string of the molecule is CCOC(=O)C(O)=CSCC(NC(=O)CC(N)C(=O)O)C(=O)NC(CCC(=O)O)C(=O)O. The van der Waals surface area contributed by atoms with Gasteiger partial charge in [-0.15, -0.1) is 11.8 Å². The summed E-state index contributed by atoms with van der Waals surface area (Å²) in [5.74, 6) is -8.32. The topological polar surface area (TPSA) is 243 Å². The first kappa shape index (κ1) is 28.7. The smallest absolute Gasteiger partial charge is 0.373 e. The molecule has 8 N–H and O–H groups in total. The second-order valence-corrected chi connectivity index (χ2v) is 7.06. The quantitative estimate of drug-likeness (QED) is 0.0796. The van der Waals surface area contributed by atoms with E-state index in [4.69, 9.17) is 21.1 Å². The van der Waals surface area contributed by atoms with E-state index in [1.807, 2.05) is 0 Å². The van der Waals surface area contributed by atoms with E-state index >= 15 is 0 Å². The summed E-state index contributed by atoms with van der Waals surface area (Å²) in [6.45, 7) is 1.51. The third kappa shape index (κ3) is 11.8. The van der Waals surface area contributed by atoms with Crippen LogP contribution >= 0.6 is 11.8 Å². The first-order valence-corrected chi connectivity index (χ1v) is 10.1. The van der Waals surface area contributed by atoms with Gasteiger partial charge in [0.05, 0.1) is 13.0 Å². The second-order valence-electron chi connectivity index (χ2n) is 6.16. The number of thioether (sulfide) groups is 1. The van der Waals surface area contributed by atoms with E-state index in [1.165, 1.54) is 6.92 Å². The van der Waals surface area contributed by atoms with Crippen LogP contribution in [0.15, 0.2) is 11.2 Å². The summed E-state index contributed by atoms with van der Waals surface area (Å²) in [6, 6.07) is -4.57. The van der Waals surface area contributed by atoms with E-state index in [0.29, 0.717) is 11.8 Å². The predicted octanol–water partition coefficient (Wildman–Crippen LogP) is -1.60. The van der Waals surface area contributed by atoms with Gasteiger partial charge < -0.3 is 41.5 Å². The number of aliphatic hydroxyl groups is 1. The standard InChI is InChI=1S/C17H25N3O11S/c1-2-31-17(30)11(21)7-32-6-10(19-12(22)5-8(18)15(26)27)14(25)20-9(16(28)29)3-4-13(23)24/h7-10,21H,2-6,18H2,1H3,(H,19,22)(H,20,25)(H,23,24)(H,26,27)(H,28,29). The molecule has 15 heteroatoms. The van der Waals surface area contributed by atoms with Gasteiger partial charge in [-0.25, -0.2) is 9.59 Å². The van der Waals surface area contributed by atoms with Crippen LogP contribution in [0.25, 0.3) is 0 Å². The van der Waals surface area contributed by atoms with Gasteiger partial charge in [0, 0.05) is 17.6 Å². The summed E-state index contributed by atoms with van der Waals surface area (Å²) in [5, 5.41) is 41.4. The lowest BCUT2D eigenvalue weighted by molar-refractivity contribution is -0.144. The van der Waals surface area contributed by atoms with Gasteiger partial charge in [0.25, 0.3) is 0 Å². The van der Waals surface area contributed by atoms with Gasteiger partial charge in [0.2, 0.25) is 17.6 Å². The number of carboxylic acid groups (broad SMARTS) is 3. The number of carbonyl (C=O) groups excluding carboxylic acids is 3. The molecule has 14 nitrogen and oxygen atoms in total. The lowest BCUT2D eigenvalue weighted by Gasteiger charge is -2.21. The minimum absolute atomic E-state index is 0.000753. The van der Waals surface area contributed by atoms with Crippen LogP contribution in [0.3, 0.4) is 0 Å². The highest BCUT2D eigenvalue weighted by molar-refractivity contribution is 8.02. The Labute approximate surface area is 186 Å². The van der Waals surface area contributed by atoms with E-state index < -0.39 is 78.8 Å². The molecular formula is C17H25N3O11S. The highest BCUT2D eigenvalue weighted by Crippen LogP contribution is 2.10. The lowest BCUT2D eigenvalue weighted by Crippen LogP contribution is -2.53. The van der Waals surface area contributed by atoms with Crippen molar-refractivity contribution < 1.29 is 53.9 Å². The fraction of sp³-hybridized carbons (Fsp3) is 0.529. The maximum atomic E-state index is 12.5.